The molecule has 1 aliphatic heterocycles. The highest BCUT2D eigenvalue weighted by Gasteiger charge is 2.26. The molecule has 0 aromatic heterocycles. The topological polar surface area (TPSA) is 67.9 Å². The van der Waals surface area contributed by atoms with Gasteiger partial charge in [-0.15, -0.1) is 0 Å². The summed E-state index contributed by atoms with van der Waals surface area (Å²) in [5, 5.41) is 3.21. The van der Waals surface area contributed by atoms with Gasteiger partial charge in [0.2, 0.25) is 0 Å². The summed E-state index contributed by atoms with van der Waals surface area (Å²) in [6.07, 6.45) is 0.648. The van der Waals surface area contributed by atoms with E-state index in [1.807, 2.05) is 31.2 Å². The van der Waals surface area contributed by atoms with Crippen LogP contribution in [0.15, 0.2) is 66.7 Å². The SMILES string of the molecule is Cc1cccc(OCCCN2C(=O)COc3ccc(NC(=O)c4ccccc4Cl)cc32)c1. The molecule has 3 aromatic carbocycles. The average molecular weight is 451 g/mol. The lowest BCUT2D eigenvalue weighted by atomic mass is 10.1. The number of benzene rings is 3. The second kappa shape index (κ2) is 9.75. The zero-order valence-electron chi connectivity index (χ0n) is 17.6. The molecule has 1 aliphatic rings. The Bertz CT molecular complexity index is 1150. The van der Waals surface area contributed by atoms with Crippen LogP contribution in [-0.4, -0.2) is 31.6 Å². The van der Waals surface area contributed by atoms with Crippen LogP contribution in [0.2, 0.25) is 5.02 Å². The van der Waals surface area contributed by atoms with Crippen molar-refractivity contribution in [3.63, 3.8) is 0 Å². The number of nitrogens with one attached hydrogen (secondary N) is 1. The second-order valence-corrected chi connectivity index (χ2v) is 7.88. The van der Waals surface area contributed by atoms with Gasteiger partial charge < -0.3 is 19.7 Å². The first-order valence-corrected chi connectivity index (χ1v) is 10.7. The molecule has 0 radical (unpaired) electrons. The summed E-state index contributed by atoms with van der Waals surface area (Å²) < 4.78 is 11.4. The van der Waals surface area contributed by atoms with Crippen molar-refractivity contribution in [1.29, 1.82) is 0 Å². The second-order valence-electron chi connectivity index (χ2n) is 7.47. The smallest absolute Gasteiger partial charge is 0.265 e. The molecule has 2 amide bonds. The van der Waals surface area contributed by atoms with Gasteiger partial charge in [0.05, 0.1) is 22.9 Å². The molecule has 1 heterocycles. The van der Waals surface area contributed by atoms with Gasteiger partial charge in [-0.05, 0) is 61.4 Å². The quantitative estimate of drug-likeness (QED) is 0.509. The van der Waals surface area contributed by atoms with E-state index in [1.165, 1.54) is 0 Å². The molecule has 32 heavy (non-hydrogen) atoms. The number of halogens is 1. The van der Waals surface area contributed by atoms with Crippen molar-refractivity contribution < 1.29 is 19.1 Å². The fourth-order valence-electron chi connectivity index (χ4n) is 3.49. The van der Waals surface area contributed by atoms with Crippen LogP contribution in [0.3, 0.4) is 0 Å². The third-order valence-corrected chi connectivity index (χ3v) is 5.39. The fourth-order valence-corrected chi connectivity index (χ4v) is 3.71. The summed E-state index contributed by atoms with van der Waals surface area (Å²) in [5.41, 5.74) is 2.68. The third-order valence-electron chi connectivity index (χ3n) is 5.06. The number of carbonyl (C=O) groups excluding carboxylic acids is 2. The minimum atomic E-state index is -0.322. The van der Waals surface area contributed by atoms with Crippen LogP contribution < -0.4 is 19.7 Å². The predicted molar refractivity (Wildman–Crippen MR) is 125 cm³/mol. The van der Waals surface area contributed by atoms with Crippen molar-refractivity contribution in [2.45, 2.75) is 13.3 Å². The first kappa shape index (κ1) is 21.7. The van der Waals surface area contributed by atoms with Crippen molar-refractivity contribution in [1.82, 2.24) is 0 Å². The highest BCUT2D eigenvalue weighted by Crippen LogP contribution is 2.35. The molecule has 4 rings (SSSR count). The number of aryl methyl sites for hydroxylation is 1. The van der Waals surface area contributed by atoms with Gasteiger partial charge in [-0.2, -0.15) is 0 Å². The number of anilines is 2. The Balaban J connectivity index is 1.43. The molecule has 0 spiro atoms. The lowest BCUT2D eigenvalue weighted by Gasteiger charge is -2.30. The van der Waals surface area contributed by atoms with Gasteiger partial charge in [0.15, 0.2) is 6.61 Å². The van der Waals surface area contributed by atoms with E-state index in [0.29, 0.717) is 47.3 Å². The van der Waals surface area contributed by atoms with Gasteiger partial charge in [0, 0.05) is 12.2 Å². The standard InChI is InChI=1S/C25H23ClN2O4/c1-17-6-4-7-19(14-17)31-13-5-12-28-22-15-18(10-11-23(22)32-16-24(28)29)27-25(30)20-8-2-3-9-21(20)26/h2-4,6-11,14-15H,5,12-13,16H2,1H3,(H,27,30). The Morgan fingerprint density at radius 3 is 2.78 bits per heavy atom. The molecule has 6 nitrogen and oxygen atoms in total. The molecule has 0 aliphatic carbocycles. The van der Waals surface area contributed by atoms with Crippen molar-refractivity contribution in [3.8, 4) is 11.5 Å². The first-order chi connectivity index (χ1) is 15.5. The Morgan fingerprint density at radius 2 is 1.97 bits per heavy atom. The summed E-state index contributed by atoms with van der Waals surface area (Å²) in [4.78, 5) is 26.8. The van der Waals surface area contributed by atoms with Crippen LogP contribution in [0.1, 0.15) is 22.3 Å². The molecule has 0 saturated carbocycles. The predicted octanol–water partition coefficient (Wildman–Crippen LogP) is 5.10. The summed E-state index contributed by atoms with van der Waals surface area (Å²) in [6.45, 7) is 2.95. The van der Waals surface area contributed by atoms with Gasteiger partial charge in [-0.1, -0.05) is 35.9 Å². The molecule has 0 saturated heterocycles. The van der Waals surface area contributed by atoms with E-state index < -0.39 is 0 Å². The van der Waals surface area contributed by atoms with Crippen molar-refractivity contribution in [3.05, 3.63) is 82.9 Å². The summed E-state index contributed by atoms with van der Waals surface area (Å²) in [7, 11) is 0. The fraction of sp³-hybridized carbons (Fsp3) is 0.200. The Kier molecular flexibility index (Phi) is 6.61. The molecule has 0 fully saturated rings. The van der Waals surface area contributed by atoms with Crippen LogP contribution in [0.25, 0.3) is 0 Å². The van der Waals surface area contributed by atoms with E-state index in [0.717, 1.165) is 11.3 Å². The molecule has 7 heteroatoms. The summed E-state index contributed by atoms with van der Waals surface area (Å²) >= 11 is 6.12. The summed E-state index contributed by atoms with van der Waals surface area (Å²) in [6, 6.07) is 19.9. The Hall–Kier alpha value is -3.51. The number of amides is 2. The Labute approximate surface area is 191 Å². The van der Waals surface area contributed by atoms with Gasteiger partial charge in [0.25, 0.3) is 11.8 Å². The van der Waals surface area contributed by atoms with Crippen LogP contribution in [0.5, 0.6) is 11.5 Å². The monoisotopic (exact) mass is 450 g/mol. The molecular weight excluding hydrogens is 428 g/mol. The number of hydrogen-bond donors (Lipinski definition) is 1. The van der Waals surface area contributed by atoms with E-state index in [9.17, 15) is 9.59 Å². The number of nitrogens with zero attached hydrogens (tertiary/aromatic N) is 1. The first-order valence-electron chi connectivity index (χ1n) is 10.3. The number of hydrogen-bond acceptors (Lipinski definition) is 4. The van der Waals surface area contributed by atoms with Crippen molar-refractivity contribution in [2.75, 3.05) is 30.0 Å². The maximum atomic E-state index is 12.6. The highest BCUT2D eigenvalue weighted by molar-refractivity contribution is 6.34. The normalized spacial score (nSPS) is 12.7. The number of ether oxygens (including phenoxy) is 2. The molecule has 0 unspecified atom stereocenters. The lowest BCUT2D eigenvalue weighted by molar-refractivity contribution is -0.121. The average Bonchev–Trinajstić information content (AvgIpc) is 2.78. The molecule has 0 bridgehead atoms. The molecule has 3 aromatic rings. The largest absolute Gasteiger partial charge is 0.494 e. The van der Waals surface area contributed by atoms with E-state index >= 15 is 0 Å². The van der Waals surface area contributed by atoms with E-state index in [2.05, 4.69) is 5.32 Å². The molecular formula is C25H23ClN2O4. The zero-order valence-corrected chi connectivity index (χ0v) is 18.4. The van der Waals surface area contributed by atoms with Gasteiger partial charge in [-0.3, -0.25) is 9.59 Å². The molecule has 0 atom stereocenters. The third kappa shape index (κ3) is 5.03. The van der Waals surface area contributed by atoms with Crippen LogP contribution in [-0.2, 0) is 4.79 Å². The van der Waals surface area contributed by atoms with E-state index in [-0.39, 0.29) is 18.4 Å². The van der Waals surface area contributed by atoms with Crippen molar-refractivity contribution in [2.24, 2.45) is 0 Å². The number of rotatable bonds is 7. The minimum absolute atomic E-state index is 0.0168. The maximum Gasteiger partial charge on any atom is 0.265 e. The molecule has 164 valence electrons. The zero-order chi connectivity index (χ0) is 22.5. The molecule has 1 N–H and O–H groups in total. The maximum absolute atomic E-state index is 12.6. The lowest BCUT2D eigenvalue weighted by Crippen LogP contribution is -2.39. The summed E-state index contributed by atoms with van der Waals surface area (Å²) in [5.74, 6) is 0.947. The van der Waals surface area contributed by atoms with E-state index in [4.69, 9.17) is 21.1 Å². The minimum Gasteiger partial charge on any atom is -0.494 e. The number of carbonyl (C=O) groups is 2. The number of fused-ring (bicyclic) bond motifs is 1. The van der Waals surface area contributed by atoms with Gasteiger partial charge in [0.1, 0.15) is 11.5 Å². The Morgan fingerprint density at radius 1 is 1.12 bits per heavy atom. The van der Waals surface area contributed by atoms with Gasteiger partial charge >= 0.3 is 0 Å². The van der Waals surface area contributed by atoms with E-state index in [1.54, 1.807) is 47.4 Å². The van der Waals surface area contributed by atoms with Crippen LogP contribution in [0, 0.1) is 6.92 Å². The van der Waals surface area contributed by atoms with Crippen molar-refractivity contribution >= 4 is 34.8 Å². The van der Waals surface area contributed by atoms with Gasteiger partial charge in [-0.25, -0.2) is 0 Å². The van der Waals surface area contributed by atoms with Crippen LogP contribution >= 0.6 is 11.6 Å². The van der Waals surface area contributed by atoms with Crippen LogP contribution in [0.4, 0.5) is 11.4 Å². The highest BCUT2D eigenvalue weighted by atomic mass is 35.5.